The summed E-state index contributed by atoms with van der Waals surface area (Å²) in [4.78, 5) is 7.65. The van der Waals surface area contributed by atoms with Crippen molar-refractivity contribution in [3.8, 4) is 5.88 Å². The van der Waals surface area contributed by atoms with Crippen LogP contribution in [0.5, 0.6) is 5.88 Å². The Morgan fingerprint density at radius 2 is 2.33 bits per heavy atom. The molecule has 0 aliphatic carbocycles. The maximum atomic E-state index is 5.50. The van der Waals surface area contributed by atoms with Crippen LogP contribution in [-0.2, 0) is 4.74 Å². The van der Waals surface area contributed by atoms with Crippen LogP contribution in [-0.4, -0.2) is 29.3 Å². The fourth-order valence-electron chi connectivity index (χ4n) is 1.49. The molecule has 1 aromatic heterocycles. The minimum Gasteiger partial charge on any atom is -0.475 e. The van der Waals surface area contributed by atoms with Crippen LogP contribution in [0.25, 0.3) is 0 Å². The molecule has 0 amide bonds. The van der Waals surface area contributed by atoms with E-state index in [-0.39, 0.29) is 12.1 Å². The quantitative estimate of drug-likeness (QED) is 0.739. The van der Waals surface area contributed by atoms with Gasteiger partial charge in [0.25, 0.3) is 0 Å². The van der Waals surface area contributed by atoms with E-state index in [1.807, 2.05) is 0 Å². The maximum Gasteiger partial charge on any atom is 0.225 e. The topological polar surface area (TPSA) is 96.3 Å². The van der Waals surface area contributed by atoms with E-state index in [1.165, 1.54) is 0 Å². The standard InChI is InChI=1S/C9H14N4O2/c10-7-4-8(13-9(11)12-7)15-5-6-2-1-3-14-6/h4,6H,1-3,5H2,(H4,10,11,12,13). The first-order chi connectivity index (χ1) is 7.24. The third-order valence-corrected chi connectivity index (χ3v) is 2.18. The Morgan fingerprint density at radius 3 is 3.00 bits per heavy atom. The highest BCUT2D eigenvalue weighted by molar-refractivity contribution is 5.38. The fraction of sp³-hybridized carbons (Fsp3) is 0.556. The Kier molecular flexibility index (Phi) is 2.86. The Labute approximate surface area is 87.6 Å². The van der Waals surface area contributed by atoms with Gasteiger partial charge in [-0.25, -0.2) is 0 Å². The molecule has 2 heterocycles. The minimum atomic E-state index is 0.123. The molecule has 1 atom stereocenters. The molecule has 0 saturated carbocycles. The van der Waals surface area contributed by atoms with E-state index in [2.05, 4.69) is 9.97 Å². The first kappa shape index (κ1) is 9.97. The van der Waals surface area contributed by atoms with Gasteiger partial charge in [-0.2, -0.15) is 9.97 Å². The average Bonchev–Trinajstić information content (AvgIpc) is 2.65. The molecular weight excluding hydrogens is 196 g/mol. The third kappa shape index (κ3) is 2.69. The highest BCUT2D eigenvalue weighted by Crippen LogP contribution is 2.16. The van der Waals surface area contributed by atoms with Gasteiger partial charge in [0.1, 0.15) is 12.4 Å². The van der Waals surface area contributed by atoms with E-state index < -0.39 is 0 Å². The zero-order valence-electron chi connectivity index (χ0n) is 8.35. The molecule has 1 aliphatic rings. The van der Waals surface area contributed by atoms with Crippen LogP contribution in [0, 0.1) is 0 Å². The van der Waals surface area contributed by atoms with Crippen LogP contribution < -0.4 is 16.2 Å². The number of nitrogen functional groups attached to an aromatic ring is 2. The van der Waals surface area contributed by atoms with Crippen LogP contribution in [0.3, 0.4) is 0 Å². The van der Waals surface area contributed by atoms with Crippen LogP contribution >= 0.6 is 0 Å². The summed E-state index contributed by atoms with van der Waals surface area (Å²) in [7, 11) is 0. The van der Waals surface area contributed by atoms with Gasteiger partial charge >= 0.3 is 0 Å². The molecular formula is C9H14N4O2. The largest absolute Gasteiger partial charge is 0.475 e. The van der Waals surface area contributed by atoms with Crippen molar-refractivity contribution in [2.24, 2.45) is 0 Å². The number of nitrogens with two attached hydrogens (primary N) is 2. The van der Waals surface area contributed by atoms with Gasteiger partial charge < -0.3 is 20.9 Å². The summed E-state index contributed by atoms with van der Waals surface area (Å²) in [5.41, 5.74) is 10.9. The van der Waals surface area contributed by atoms with Crippen molar-refractivity contribution in [2.45, 2.75) is 18.9 Å². The zero-order valence-corrected chi connectivity index (χ0v) is 8.35. The number of hydrogen-bond donors (Lipinski definition) is 2. The molecule has 15 heavy (non-hydrogen) atoms. The van der Waals surface area contributed by atoms with Crippen molar-refractivity contribution in [1.29, 1.82) is 0 Å². The number of aromatic nitrogens is 2. The fourth-order valence-corrected chi connectivity index (χ4v) is 1.49. The molecule has 6 nitrogen and oxygen atoms in total. The van der Waals surface area contributed by atoms with Crippen molar-refractivity contribution in [1.82, 2.24) is 9.97 Å². The first-order valence-corrected chi connectivity index (χ1v) is 4.88. The van der Waals surface area contributed by atoms with Gasteiger partial charge in [0.15, 0.2) is 0 Å². The summed E-state index contributed by atoms with van der Waals surface area (Å²) in [6.45, 7) is 1.29. The van der Waals surface area contributed by atoms with Crippen LogP contribution in [0.1, 0.15) is 12.8 Å². The number of rotatable bonds is 3. The van der Waals surface area contributed by atoms with E-state index in [9.17, 15) is 0 Å². The SMILES string of the molecule is Nc1cc(OCC2CCCO2)nc(N)n1. The van der Waals surface area contributed by atoms with Crippen LogP contribution in [0.15, 0.2) is 6.07 Å². The molecule has 2 rings (SSSR count). The second-order valence-electron chi connectivity index (χ2n) is 3.44. The van der Waals surface area contributed by atoms with E-state index in [4.69, 9.17) is 20.9 Å². The van der Waals surface area contributed by atoms with Gasteiger partial charge in [-0.05, 0) is 12.8 Å². The second kappa shape index (κ2) is 4.31. The van der Waals surface area contributed by atoms with Crippen molar-refractivity contribution < 1.29 is 9.47 Å². The summed E-state index contributed by atoms with van der Waals surface area (Å²) >= 11 is 0. The van der Waals surface area contributed by atoms with Crippen molar-refractivity contribution in [3.63, 3.8) is 0 Å². The van der Waals surface area contributed by atoms with Gasteiger partial charge in [-0.1, -0.05) is 0 Å². The lowest BCUT2D eigenvalue weighted by Crippen LogP contribution is -2.17. The normalized spacial score (nSPS) is 20.4. The van der Waals surface area contributed by atoms with Crippen molar-refractivity contribution in [3.05, 3.63) is 6.07 Å². The average molecular weight is 210 g/mol. The molecule has 0 radical (unpaired) electrons. The van der Waals surface area contributed by atoms with E-state index in [1.54, 1.807) is 6.07 Å². The van der Waals surface area contributed by atoms with Gasteiger partial charge in [0, 0.05) is 12.7 Å². The van der Waals surface area contributed by atoms with Crippen LogP contribution in [0.2, 0.25) is 0 Å². The predicted octanol–water partition coefficient (Wildman–Crippen LogP) is 0.199. The molecule has 0 aromatic carbocycles. The van der Waals surface area contributed by atoms with E-state index in [0.717, 1.165) is 19.4 Å². The van der Waals surface area contributed by atoms with Crippen molar-refractivity contribution >= 4 is 11.8 Å². The summed E-state index contributed by atoms with van der Waals surface area (Å²) in [5.74, 6) is 0.831. The molecule has 1 saturated heterocycles. The lowest BCUT2D eigenvalue weighted by atomic mass is 10.2. The lowest BCUT2D eigenvalue weighted by Gasteiger charge is -2.10. The summed E-state index contributed by atoms with van der Waals surface area (Å²) in [6.07, 6.45) is 2.26. The Hall–Kier alpha value is -1.56. The highest BCUT2D eigenvalue weighted by Gasteiger charge is 2.16. The number of nitrogens with zero attached hydrogens (tertiary/aromatic N) is 2. The monoisotopic (exact) mass is 210 g/mol. The van der Waals surface area contributed by atoms with Gasteiger partial charge in [0.05, 0.1) is 6.10 Å². The number of ether oxygens (including phenoxy) is 2. The highest BCUT2D eigenvalue weighted by atomic mass is 16.5. The molecule has 0 bridgehead atoms. The first-order valence-electron chi connectivity index (χ1n) is 4.88. The van der Waals surface area contributed by atoms with E-state index in [0.29, 0.717) is 18.3 Å². The predicted molar refractivity (Wildman–Crippen MR) is 55.3 cm³/mol. The molecule has 82 valence electrons. The number of anilines is 2. The number of hydrogen-bond acceptors (Lipinski definition) is 6. The van der Waals surface area contributed by atoms with Gasteiger partial charge in [0.2, 0.25) is 11.8 Å². The van der Waals surface area contributed by atoms with Crippen LogP contribution in [0.4, 0.5) is 11.8 Å². The third-order valence-electron chi connectivity index (χ3n) is 2.18. The molecule has 1 aromatic rings. The Bertz CT molecular complexity index is 319. The Balaban J connectivity index is 1.92. The molecule has 6 heteroatoms. The molecule has 1 fully saturated rings. The summed E-state index contributed by atoms with van der Waals surface area (Å²) < 4.78 is 10.8. The lowest BCUT2D eigenvalue weighted by molar-refractivity contribution is 0.0664. The van der Waals surface area contributed by atoms with Gasteiger partial charge in [-0.15, -0.1) is 0 Å². The van der Waals surface area contributed by atoms with Crippen molar-refractivity contribution in [2.75, 3.05) is 24.7 Å². The molecule has 1 unspecified atom stereocenters. The molecule has 4 N–H and O–H groups in total. The summed E-state index contributed by atoms with van der Waals surface area (Å²) in [5, 5.41) is 0. The Morgan fingerprint density at radius 1 is 1.47 bits per heavy atom. The molecule has 0 spiro atoms. The zero-order chi connectivity index (χ0) is 10.7. The van der Waals surface area contributed by atoms with E-state index >= 15 is 0 Å². The second-order valence-corrected chi connectivity index (χ2v) is 3.44. The van der Waals surface area contributed by atoms with Gasteiger partial charge in [-0.3, -0.25) is 0 Å². The maximum absolute atomic E-state index is 5.50. The smallest absolute Gasteiger partial charge is 0.225 e. The summed E-state index contributed by atoms with van der Waals surface area (Å²) in [6, 6.07) is 1.55. The molecule has 1 aliphatic heterocycles. The minimum absolute atomic E-state index is 0.123.